The first-order valence-electron chi connectivity index (χ1n) is 6.24. The maximum atomic E-state index is 11.9. The molecule has 0 saturated carbocycles. The van der Waals surface area contributed by atoms with Crippen molar-refractivity contribution in [1.82, 2.24) is 4.90 Å². The summed E-state index contributed by atoms with van der Waals surface area (Å²) < 4.78 is 0. The molecule has 0 aromatic heterocycles. The van der Waals surface area contributed by atoms with Crippen LogP contribution in [0.3, 0.4) is 0 Å². The first-order valence-corrected chi connectivity index (χ1v) is 6.24. The third-order valence-electron chi connectivity index (χ3n) is 3.36. The number of hydrogen-bond donors (Lipinski definition) is 3. The van der Waals surface area contributed by atoms with Crippen LogP contribution in [0.25, 0.3) is 0 Å². The van der Waals surface area contributed by atoms with Gasteiger partial charge < -0.3 is 16.2 Å². The lowest BCUT2D eigenvalue weighted by Gasteiger charge is -2.33. The summed E-state index contributed by atoms with van der Waals surface area (Å²) in [6.07, 6.45) is 0. The number of nitrogens with one attached hydrogen (secondary N) is 1. The van der Waals surface area contributed by atoms with Crippen LogP contribution in [0.4, 0.5) is 11.4 Å². The summed E-state index contributed by atoms with van der Waals surface area (Å²) in [5.74, 6) is -0.132. The molecule has 0 aliphatic heterocycles. The molecule has 1 aromatic rings. The first-order chi connectivity index (χ1) is 8.76. The van der Waals surface area contributed by atoms with Crippen molar-refractivity contribution in [3.63, 3.8) is 0 Å². The number of aliphatic hydroxyl groups is 1. The lowest BCUT2D eigenvalue weighted by Crippen LogP contribution is -2.47. The Labute approximate surface area is 114 Å². The van der Waals surface area contributed by atoms with Gasteiger partial charge in [0.25, 0.3) is 0 Å². The topological polar surface area (TPSA) is 78.6 Å². The lowest BCUT2D eigenvalue weighted by molar-refractivity contribution is -0.118. The summed E-state index contributed by atoms with van der Waals surface area (Å²) >= 11 is 0. The van der Waals surface area contributed by atoms with E-state index in [0.29, 0.717) is 11.4 Å². The van der Waals surface area contributed by atoms with E-state index in [0.717, 1.165) is 5.56 Å². The molecule has 0 fully saturated rings. The highest BCUT2D eigenvalue weighted by molar-refractivity contribution is 5.92. The number of hydrogen-bond acceptors (Lipinski definition) is 4. The number of anilines is 2. The molecule has 19 heavy (non-hydrogen) atoms. The summed E-state index contributed by atoms with van der Waals surface area (Å²) in [5, 5.41) is 12.0. The molecule has 0 aliphatic carbocycles. The van der Waals surface area contributed by atoms with E-state index in [1.54, 1.807) is 18.0 Å². The Morgan fingerprint density at radius 1 is 1.47 bits per heavy atom. The van der Waals surface area contributed by atoms with E-state index in [1.807, 2.05) is 32.9 Å². The van der Waals surface area contributed by atoms with Gasteiger partial charge in [0.2, 0.25) is 5.91 Å². The van der Waals surface area contributed by atoms with Crippen molar-refractivity contribution in [2.45, 2.75) is 26.3 Å². The van der Waals surface area contributed by atoms with Crippen molar-refractivity contribution < 1.29 is 9.90 Å². The monoisotopic (exact) mass is 265 g/mol. The zero-order valence-corrected chi connectivity index (χ0v) is 12.0. The molecule has 1 amide bonds. The predicted octanol–water partition coefficient (Wildman–Crippen LogP) is 1.22. The van der Waals surface area contributed by atoms with Crippen molar-refractivity contribution in [1.29, 1.82) is 0 Å². The summed E-state index contributed by atoms with van der Waals surface area (Å²) in [5.41, 5.74) is 7.69. The lowest BCUT2D eigenvalue weighted by atomic mass is 10.1. The third-order valence-corrected chi connectivity index (χ3v) is 3.36. The molecule has 0 spiro atoms. The second-order valence-electron chi connectivity index (χ2n) is 5.45. The molecular weight excluding hydrogens is 242 g/mol. The van der Waals surface area contributed by atoms with Crippen LogP contribution in [0.15, 0.2) is 18.2 Å². The van der Waals surface area contributed by atoms with Gasteiger partial charge in [0.1, 0.15) is 0 Å². The van der Waals surface area contributed by atoms with E-state index in [1.165, 1.54) is 0 Å². The number of nitrogens with zero attached hydrogens (tertiary/aromatic N) is 1. The summed E-state index contributed by atoms with van der Waals surface area (Å²) in [6, 6.07) is 5.43. The Morgan fingerprint density at radius 3 is 2.63 bits per heavy atom. The van der Waals surface area contributed by atoms with Crippen molar-refractivity contribution in [2.24, 2.45) is 0 Å². The molecular formula is C14H23N3O2. The Balaban J connectivity index is 2.63. The highest BCUT2D eigenvalue weighted by Crippen LogP contribution is 2.17. The summed E-state index contributed by atoms with van der Waals surface area (Å²) in [4.78, 5) is 13.7. The Morgan fingerprint density at radius 2 is 2.11 bits per heavy atom. The molecule has 5 heteroatoms. The number of carbonyl (C=O) groups is 1. The largest absolute Gasteiger partial charge is 0.398 e. The van der Waals surface area contributed by atoms with Crippen molar-refractivity contribution in [2.75, 3.05) is 31.2 Å². The molecule has 1 aromatic carbocycles. The number of carbonyl (C=O) groups excluding carboxylic acids is 1. The molecule has 0 heterocycles. The fraction of sp³-hybridized carbons (Fsp3) is 0.500. The Kier molecular flexibility index (Phi) is 4.91. The average Bonchev–Trinajstić information content (AvgIpc) is 2.33. The molecule has 0 unspecified atom stereocenters. The van der Waals surface area contributed by atoms with Crippen LogP contribution in [0.2, 0.25) is 0 Å². The number of aryl methyl sites for hydroxylation is 1. The highest BCUT2D eigenvalue weighted by atomic mass is 16.3. The molecule has 0 bridgehead atoms. The molecule has 5 nitrogen and oxygen atoms in total. The van der Waals surface area contributed by atoms with Gasteiger partial charge in [0, 0.05) is 16.9 Å². The minimum atomic E-state index is -0.427. The SMILES string of the molecule is Cc1ccc(NC(=O)CN(C)C(C)(C)CO)cc1N. The molecule has 0 saturated heterocycles. The Hall–Kier alpha value is -1.59. The fourth-order valence-electron chi connectivity index (χ4n) is 1.47. The van der Waals surface area contributed by atoms with E-state index in [2.05, 4.69) is 5.32 Å². The second-order valence-corrected chi connectivity index (χ2v) is 5.45. The molecule has 0 atom stereocenters. The third kappa shape index (κ3) is 4.22. The van der Waals surface area contributed by atoms with Gasteiger partial charge in [0.15, 0.2) is 0 Å². The van der Waals surface area contributed by atoms with Crippen molar-refractivity contribution in [3.05, 3.63) is 23.8 Å². The number of nitrogen functional groups attached to an aromatic ring is 1. The van der Waals surface area contributed by atoms with Gasteiger partial charge in [-0.1, -0.05) is 6.07 Å². The average molecular weight is 265 g/mol. The zero-order valence-electron chi connectivity index (χ0n) is 12.0. The molecule has 0 aliphatic rings. The number of amides is 1. The van der Waals surface area contributed by atoms with E-state index >= 15 is 0 Å². The van der Waals surface area contributed by atoms with Crippen LogP contribution in [0.1, 0.15) is 19.4 Å². The van der Waals surface area contributed by atoms with E-state index in [-0.39, 0.29) is 19.1 Å². The van der Waals surface area contributed by atoms with Gasteiger partial charge >= 0.3 is 0 Å². The van der Waals surface area contributed by atoms with Crippen LogP contribution in [-0.2, 0) is 4.79 Å². The second kappa shape index (κ2) is 6.04. The predicted molar refractivity (Wildman–Crippen MR) is 78.0 cm³/mol. The van der Waals surface area contributed by atoms with Crippen LogP contribution in [0.5, 0.6) is 0 Å². The number of likely N-dealkylation sites (N-methyl/N-ethyl adjacent to an activating group) is 1. The van der Waals surface area contributed by atoms with Gasteiger partial charge in [0.05, 0.1) is 13.2 Å². The minimum Gasteiger partial charge on any atom is -0.398 e. The van der Waals surface area contributed by atoms with Crippen LogP contribution in [0, 0.1) is 6.92 Å². The smallest absolute Gasteiger partial charge is 0.238 e. The maximum Gasteiger partial charge on any atom is 0.238 e. The first kappa shape index (κ1) is 15.5. The summed E-state index contributed by atoms with van der Waals surface area (Å²) in [6.45, 7) is 5.88. The number of nitrogens with two attached hydrogens (primary N) is 1. The molecule has 1 rings (SSSR count). The van der Waals surface area contributed by atoms with Gasteiger partial charge in [-0.05, 0) is 45.5 Å². The molecule has 106 valence electrons. The number of rotatable bonds is 5. The van der Waals surface area contributed by atoms with Crippen molar-refractivity contribution in [3.8, 4) is 0 Å². The van der Waals surface area contributed by atoms with Gasteiger partial charge in [-0.25, -0.2) is 0 Å². The fourth-order valence-corrected chi connectivity index (χ4v) is 1.47. The number of aliphatic hydroxyl groups excluding tert-OH is 1. The van der Waals surface area contributed by atoms with Gasteiger partial charge in [-0.15, -0.1) is 0 Å². The normalized spacial score (nSPS) is 11.7. The van der Waals surface area contributed by atoms with Crippen LogP contribution < -0.4 is 11.1 Å². The quantitative estimate of drug-likeness (QED) is 0.699. The van der Waals surface area contributed by atoms with Crippen LogP contribution >= 0.6 is 0 Å². The Bertz CT molecular complexity index is 458. The number of benzene rings is 1. The minimum absolute atomic E-state index is 0.00569. The summed E-state index contributed by atoms with van der Waals surface area (Å²) in [7, 11) is 1.80. The van der Waals surface area contributed by atoms with E-state index in [4.69, 9.17) is 5.73 Å². The van der Waals surface area contributed by atoms with E-state index < -0.39 is 5.54 Å². The standard InChI is InChI=1S/C14H23N3O2/c1-10-5-6-11(7-12(10)15)16-13(19)8-17(4)14(2,3)9-18/h5-7,18H,8-9,15H2,1-4H3,(H,16,19). The van der Waals surface area contributed by atoms with E-state index in [9.17, 15) is 9.90 Å². The highest BCUT2D eigenvalue weighted by Gasteiger charge is 2.24. The van der Waals surface area contributed by atoms with Gasteiger partial charge in [-0.2, -0.15) is 0 Å². The maximum absolute atomic E-state index is 11.9. The molecule has 0 radical (unpaired) electrons. The molecule has 4 N–H and O–H groups in total. The van der Waals surface area contributed by atoms with Crippen LogP contribution in [-0.4, -0.2) is 41.7 Å². The van der Waals surface area contributed by atoms with Crippen molar-refractivity contribution >= 4 is 17.3 Å². The van der Waals surface area contributed by atoms with Gasteiger partial charge in [-0.3, -0.25) is 9.69 Å². The zero-order chi connectivity index (χ0) is 14.6.